The molecule has 0 aromatic carbocycles. The standard InChI is InChI=1S/C7H11N3.C6H9NS.C4H7N3/c1-5-8-7(6-3-4-6)10(2)9-5;1-4-5(2)8-6(3)7-4;1-3-5-4(2)7-6-3/h6H,3-4H2,1-2H3;1-3H3;1-2H3,(H,5,6,7). The van der Waals surface area contributed by atoms with Crippen LogP contribution in [0.5, 0.6) is 0 Å². The molecule has 1 aliphatic rings. The molecule has 0 aliphatic heterocycles. The Morgan fingerprint density at radius 3 is 1.88 bits per heavy atom. The molecule has 0 saturated heterocycles. The Morgan fingerprint density at radius 1 is 0.960 bits per heavy atom. The fraction of sp³-hybridized carbons (Fsp3) is 0.588. The SMILES string of the molecule is Cc1n[nH]c(C)n1.Cc1nc(C)c(C)s1.Cc1nc(C2CC2)n(C)n1. The summed E-state index contributed by atoms with van der Waals surface area (Å²) >= 11 is 1.76. The third-order valence-corrected chi connectivity index (χ3v) is 4.68. The average molecular weight is 362 g/mol. The van der Waals surface area contributed by atoms with Crippen LogP contribution < -0.4 is 0 Å². The van der Waals surface area contributed by atoms with Crippen molar-refractivity contribution in [1.29, 1.82) is 0 Å². The maximum Gasteiger partial charge on any atom is 0.147 e. The first-order valence-electron chi connectivity index (χ1n) is 8.40. The lowest BCUT2D eigenvalue weighted by Gasteiger charge is -1.92. The highest BCUT2D eigenvalue weighted by atomic mass is 32.1. The maximum absolute atomic E-state index is 4.32. The highest BCUT2D eigenvalue weighted by Crippen LogP contribution is 2.38. The van der Waals surface area contributed by atoms with Crippen LogP contribution in [0.3, 0.4) is 0 Å². The normalized spacial score (nSPS) is 12.9. The molecule has 1 saturated carbocycles. The van der Waals surface area contributed by atoms with Gasteiger partial charge >= 0.3 is 0 Å². The monoisotopic (exact) mass is 361 g/mol. The van der Waals surface area contributed by atoms with Gasteiger partial charge in [0.1, 0.15) is 23.3 Å². The van der Waals surface area contributed by atoms with Crippen molar-refractivity contribution in [2.75, 3.05) is 0 Å². The predicted octanol–water partition coefficient (Wildman–Crippen LogP) is 3.49. The van der Waals surface area contributed by atoms with Gasteiger partial charge in [-0.05, 0) is 54.4 Å². The van der Waals surface area contributed by atoms with E-state index >= 15 is 0 Å². The van der Waals surface area contributed by atoms with E-state index in [1.54, 1.807) is 11.3 Å². The van der Waals surface area contributed by atoms with E-state index in [9.17, 15) is 0 Å². The molecule has 136 valence electrons. The molecular formula is C17H27N7S. The van der Waals surface area contributed by atoms with Crippen molar-refractivity contribution in [1.82, 2.24) is 34.9 Å². The van der Waals surface area contributed by atoms with Crippen molar-refractivity contribution >= 4 is 11.3 Å². The lowest BCUT2D eigenvalue weighted by molar-refractivity contribution is 0.700. The maximum atomic E-state index is 4.32. The third-order valence-electron chi connectivity index (χ3n) is 3.69. The van der Waals surface area contributed by atoms with Gasteiger partial charge in [0.05, 0.1) is 10.7 Å². The van der Waals surface area contributed by atoms with Crippen LogP contribution in [0, 0.1) is 41.5 Å². The molecule has 0 atom stereocenters. The summed E-state index contributed by atoms with van der Waals surface area (Å²) in [6, 6.07) is 0. The Kier molecular flexibility index (Phi) is 6.41. The van der Waals surface area contributed by atoms with Crippen LogP contribution in [-0.4, -0.2) is 34.9 Å². The van der Waals surface area contributed by atoms with Crippen LogP contribution in [0.15, 0.2) is 0 Å². The molecule has 3 aromatic heterocycles. The molecular weight excluding hydrogens is 334 g/mol. The topological polar surface area (TPSA) is 85.2 Å². The Morgan fingerprint density at radius 2 is 1.64 bits per heavy atom. The van der Waals surface area contributed by atoms with Gasteiger partial charge in [-0.15, -0.1) is 11.3 Å². The van der Waals surface area contributed by atoms with E-state index in [2.05, 4.69) is 37.2 Å². The Bertz CT molecular complexity index is 775. The van der Waals surface area contributed by atoms with Gasteiger partial charge in [0.25, 0.3) is 0 Å². The van der Waals surface area contributed by atoms with Gasteiger partial charge in [0, 0.05) is 17.8 Å². The van der Waals surface area contributed by atoms with Gasteiger partial charge in [0.2, 0.25) is 0 Å². The van der Waals surface area contributed by atoms with Crippen LogP contribution in [-0.2, 0) is 7.05 Å². The number of nitrogens with one attached hydrogen (secondary N) is 1. The van der Waals surface area contributed by atoms with Crippen molar-refractivity contribution in [2.24, 2.45) is 7.05 Å². The van der Waals surface area contributed by atoms with E-state index in [0.717, 1.165) is 23.3 Å². The minimum absolute atomic E-state index is 0.714. The predicted molar refractivity (Wildman–Crippen MR) is 99.9 cm³/mol. The molecule has 1 fully saturated rings. The lowest BCUT2D eigenvalue weighted by atomic mass is 10.4. The zero-order chi connectivity index (χ0) is 18.6. The van der Waals surface area contributed by atoms with Crippen molar-refractivity contribution < 1.29 is 0 Å². The highest BCUT2D eigenvalue weighted by molar-refractivity contribution is 7.11. The number of nitrogens with zero attached hydrogens (tertiary/aromatic N) is 6. The van der Waals surface area contributed by atoms with Crippen molar-refractivity contribution in [2.45, 2.75) is 60.3 Å². The first-order chi connectivity index (χ1) is 11.8. The van der Waals surface area contributed by atoms with E-state index in [1.165, 1.54) is 28.4 Å². The van der Waals surface area contributed by atoms with E-state index in [-0.39, 0.29) is 0 Å². The van der Waals surface area contributed by atoms with Gasteiger partial charge in [-0.2, -0.15) is 10.2 Å². The van der Waals surface area contributed by atoms with Crippen LogP contribution in [0.2, 0.25) is 0 Å². The number of thiazole rings is 1. The van der Waals surface area contributed by atoms with Gasteiger partial charge in [-0.25, -0.2) is 15.0 Å². The van der Waals surface area contributed by atoms with Gasteiger partial charge in [0.15, 0.2) is 0 Å². The minimum atomic E-state index is 0.714. The van der Waals surface area contributed by atoms with Crippen LogP contribution in [0.25, 0.3) is 0 Å². The molecule has 1 aliphatic carbocycles. The highest BCUT2D eigenvalue weighted by Gasteiger charge is 2.28. The summed E-state index contributed by atoms with van der Waals surface area (Å²) in [7, 11) is 1.97. The van der Waals surface area contributed by atoms with Crippen molar-refractivity contribution in [3.63, 3.8) is 0 Å². The summed E-state index contributed by atoms with van der Waals surface area (Å²) in [5.41, 5.74) is 1.17. The van der Waals surface area contributed by atoms with E-state index < -0.39 is 0 Å². The lowest BCUT2D eigenvalue weighted by Crippen LogP contribution is -1.96. The number of aromatic amines is 1. The summed E-state index contributed by atoms with van der Waals surface area (Å²) in [5.74, 6) is 4.45. The molecule has 7 nitrogen and oxygen atoms in total. The second-order valence-electron chi connectivity index (χ2n) is 6.26. The molecule has 3 heterocycles. The van der Waals surface area contributed by atoms with E-state index in [1.807, 2.05) is 46.3 Å². The second-order valence-corrected chi connectivity index (χ2v) is 7.66. The molecule has 0 amide bonds. The summed E-state index contributed by atoms with van der Waals surface area (Å²) in [4.78, 5) is 13.8. The number of H-pyrrole nitrogens is 1. The van der Waals surface area contributed by atoms with Gasteiger partial charge in [-0.3, -0.25) is 9.78 Å². The average Bonchev–Trinajstić information content (AvgIpc) is 3.12. The van der Waals surface area contributed by atoms with Crippen molar-refractivity contribution in [3.8, 4) is 0 Å². The zero-order valence-corrected chi connectivity index (χ0v) is 16.9. The van der Waals surface area contributed by atoms with Gasteiger partial charge in [-0.1, -0.05) is 0 Å². The number of rotatable bonds is 1. The van der Waals surface area contributed by atoms with Crippen molar-refractivity contribution in [3.05, 3.63) is 38.9 Å². The Labute approximate surface area is 153 Å². The second kappa shape index (κ2) is 8.33. The molecule has 8 heteroatoms. The number of hydrogen-bond acceptors (Lipinski definition) is 6. The Hall–Kier alpha value is -2.09. The van der Waals surface area contributed by atoms with E-state index in [0.29, 0.717) is 5.92 Å². The number of hydrogen-bond donors (Lipinski definition) is 1. The molecule has 0 bridgehead atoms. The van der Waals surface area contributed by atoms with Crippen LogP contribution in [0.4, 0.5) is 0 Å². The largest absolute Gasteiger partial charge is 0.263 e. The smallest absolute Gasteiger partial charge is 0.147 e. The van der Waals surface area contributed by atoms with Crippen LogP contribution >= 0.6 is 11.3 Å². The summed E-state index contributed by atoms with van der Waals surface area (Å²) < 4.78 is 1.90. The third kappa shape index (κ3) is 6.04. The Balaban J connectivity index is 0.000000138. The summed E-state index contributed by atoms with van der Waals surface area (Å²) in [6.07, 6.45) is 2.60. The minimum Gasteiger partial charge on any atom is -0.263 e. The molecule has 0 radical (unpaired) electrons. The molecule has 4 rings (SSSR count). The zero-order valence-electron chi connectivity index (χ0n) is 16.1. The fourth-order valence-corrected chi connectivity index (χ4v) is 3.13. The first-order valence-corrected chi connectivity index (χ1v) is 9.21. The van der Waals surface area contributed by atoms with Crippen LogP contribution in [0.1, 0.15) is 57.6 Å². The van der Waals surface area contributed by atoms with E-state index in [4.69, 9.17) is 0 Å². The van der Waals surface area contributed by atoms with Gasteiger partial charge < -0.3 is 0 Å². The quantitative estimate of drug-likeness (QED) is 0.717. The number of aryl methyl sites for hydroxylation is 7. The summed E-state index contributed by atoms with van der Waals surface area (Å²) in [6.45, 7) is 11.8. The number of aromatic nitrogens is 7. The summed E-state index contributed by atoms with van der Waals surface area (Å²) in [5, 5.41) is 11.8. The molecule has 25 heavy (non-hydrogen) atoms. The molecule has 0 unspecified atom stereocenters. The molecule has 1 N–H and O–H groups in total. The molecule has 0 spiro atoms. The first kappa shape index (κ1) is 19.2. The fourth-order valence-electron chi connectivity index (χ4n) is 2.31. The molecule has 3 aromatic rings.